The minimum atomic E-state index is 0.0459. The van der Waals surface area contributed by atoms with E-state index in [2.05, 4.69) is 27.8 Å². The van der Waals surface area contributed by atoms with E-state index in [4.69, 9.17) is 9.47 Å². The number of pyridine rings is 1. The summed E-state index contributed by atoms with van der Waals surface area (Å²) in [6, 6.07) is 7.87. The number of fused-ring (bicyclic) bond motifs is 1. The summed E-state index contributed by atoms with van der Waals surface area (Å²) in [5.41, 5.74) is 3.12. The van der Waals surface area contributed by atoms with Crippen molar-refractivity contribution in [3.63, 3.8) is 0 Å². The van der Waals surface area contributed by atoms with Crippen LogP contribution in [-0.2, 0) is 6.54 Å². The van der Waals surface area contributed by atoms with E-state index in [1.165, 1.54) is 24.0 Å². The predicted molar refractivity (Wildman–Crippen MR) is 116 cm³/mol. The number of amides is 1. The number of carbonyl (C=O) groups is 1. The molecule has 1 aromatic carbocycles. The molecule has 1 aromatic heterocycles. The van der Waals surface area contributed by atoms with Crippen LogP contribution in [0.2, 0.25) is 0 Å². The van der Waals surface area contributed by atoms with E-state index in [1.807, 2.05) is 30.6 Å². The summed E-state index contributed by atoms with van der Waals surface area (Å²) in [6.07, 6.45) is 7.18. The zero-order chi connectivity index (χ0) is 21.1. The molecule has 6 nitrogen and oxygen atoms in total. The maximum Gasteiger partial charge on any atom is 0.258 e. The third-order valence-electron chi connectivity index (χ3n) is 6.53. The molecule has 4 rings (SSSR count). The molecule has 160 valence electrons. The summed E-state index contributed by atoms with van der Waals surface area (Å²) in [7, 11) is 3.19. The van der Waals surface area contributed by atoms with Crippen molar-refractivity contribution in [2.24, 2.45) is 5.92 Å². The fourth-order valence-electron chi connectivity index (χ4n) is 4.94. The van der Waals surface area contributed by atoms with Gasteiger partial charge in [-0.3, -0.25) is 14.7 Å². The highest BCUT2D eigenvalue weighted by Crippen LogP contribution is 2.35. The Morgan fingerprint density at radius 3 is 2.80 bits per heavy atom. The van der Waals surface area contributed by atoms with Crippen molar-refractivity contribution in [2.75, 3.05) is 33.9 Å². The first kappa shape index (κ1) is 20.7. The average Bonchev–Trinajstić information content (AvgIpc) is 3.06. The van der Waals surface area contributed by atoms with Gasteiger partial charge in [0, 0.05) is 44.6 Å². The molecule has 2 aromatic rings. The Morgan fingerprint density at radius 1 is 1.17 bits per heavy atom. The number of methoxy groups -OCH3 is 2. The largest absolute Gasteiger partial charge is 0.493 e. The van der Waals surface area contributed by atoms with Crippen molar-refractivity contribution in [3.05, 3.63) is 53.3 Å². The smallest absolute Gasteiger partial charge is 0.258 e. The number of nitrogens with zero attached hydrogens (tertiary/aromatic N) is 3. The van der Waals surface area contributed by atoms with Gasteiger partial charge in [0.2, 0.25) is 0 Å². The molecule has 0 saturated carbocycles. The van der Waals surface area contributed by atoms with Crippen molar-refractivity contribution < 1.29 is 14.3 Å². The summed E-state index contributed by atoms with van der Waals surface area (Å²) >= 11 is 0. The van der Waals surface area contributed by atoms with Crippen molar-refractivity contribution >= 4 is 5.91 Å². The van der Waals surface area contributed by atoms with Crippen LogP contribution in [0, 0.1) is 12.8 Å². The molecule has 0 N–H and O–H groups in total. The molecule has 0 aliphatic carbocycles. The standard InChI is InChI=1S/C24H31N3O3/c1-17-13-25-11-10-18(17)14-26-15-19-7-4-5-12-27(21(19)16-26)24(28)20-8-6-9-22(29-2)23(20)30-3/h6,8-11,13,19,21H,4-5,7,12,14-16H2,1-3H3/t19-,21+/m0/s1. The second-order valence-corrected chi connectivity index (χ2v) is 8.36. The van der Waals surface area contributed by atoms with Crippen molar-refractivity contribution in [1.82, 2.24) is 14.8 Å². The third kappa shape index (κ3) is 4.01. The van der Waals surface area contributed by atoms with Gasteiger partial charge in [-0.1, -0.05) is 12.5 Å². The molecule has 2 atom stereocenters. The van der Waals surface area contributed by atoms with E-state index in [1.54, 1.807) is 14.2 Å². The van der Waals surface area contributed by atoms with Crippen LogP contribution >= 0.6 is 0 Å². The minimum Gasteiger partial charge on any atom is -0.493 e. The Kier molecular flexibility index (Phi) is 6.23. The normalized spacial score (nSPS) is 21.8. The highest BCUT2D eigenvalue weighted by molar-refractivity contribution is 5.98. The second kappa shape index (κ2) is 9.04. The quantitative estimate of drug-likeness (QED) is 0.756. The van der Waals surface area contributed by atoms with Gasteiger partial charge in [0.05, 0.1) is 19.8 Å². The third-order valence-corrected chi connectivity index (χ3v) is 6.53. The van der Waals surface area contributed by atoms with Crippen LogP contribution in [-0.4, -0.2) is 60.6 Å². The molecule has 0 bridgehead atoms. The maximum absolute atomic E-state index is 13.6. The SMILES string of the molecule is COc1cccc(C(=O)N2CCCC[C@H]3CN(Cc4ccncc4C)C[C@H]32)c1OC. The highest BCUT2D eigenvalue weighted by Gasteiger charge is 2.40. The molecule has 0 unspecified atom stereocenters. The van der Waals surface area contributed by atoms with E-state index in [-0.39, 0.29) is 11.9 Å². The minimum absolute atomic E-state index is 0.0459. The summed E-state index contributed by atoms with van der Waals surface area (Å²) in [4.78, 5) is 22.4. The number of aromatic nitrogens is 1. The highest BCUT2D eigenvalue weighted by atomic mass is 16.5. The molecule has 2 aliphatic heterocycles. The lowest BCUT2D eigenvalue weighted by atomic mass is 9.98. The zero-order valence-electron chi connectivity index (χ0n) is 18.1. The number of likely N-dealkylation sites (tertiary alicyclic amines) is 2. The molecule has 2 fully saturated rings. The number of carbonyl (C=O) groups excluding carboxylic acids is 1. The molecule has 6 heteroatoms. The molecule has 1 amide bonds. The maximum atomic E-state index is 13.6. The lowest BCUT2D eigenvalue weighted by Crippen LogP contribution is -2.44. The van der Waals surface area contributed by atoms with Gasteiger partial charge in [-0.25, -0.2) is 0 Å². The lowest BCUT2D eigenvalue weighted by molar-refractivity contribution is 0.0659. The Hall–Kier alpha value is -2.60. The van der Waals surface area contributed by atoms with Crippen molar-refractivity contribution in [3.8, 4) is 11.5 Å². The van der Waals surface area contributed by atoms with Crippen LogP contribution in [0.3, 0.4) is 0 Å². The van der Waals surface area contributed by atoms with Gasteiger partial charge in [0.1, 0.15) is 0 Å². The van der Waals surface area contributed by atoms with Crippen LogP contribution in [0.5, 0.6) is 11.5 Å². The number of hydrogen-bond donors (Lipinski definition) is 0. The molecule has 2 aliphatic rings. The van der Waals surface area contributed by atoms with E-state index < -0.39 is 0 Å². The van der Waals surface area contributed by atoms with Crippen LogP contribution in [0.1, 0.15) is 40.7 Å². The van der Waals surface area contributed by atoms with Gasteiger partial charge >= 0.3 is 0 Å². The van der Waals surface area contributed by atoms with Crippen LogP contribution in [0.4, 0.5) is 0 Å². The predicted octanol–water partition coefficient (Wildman–Crippen LogP) is 3.53. The summed E-state index contributed by atoms with van der Waals surface area (Å²) < 4.78 is 11.0. The molecular weight excluding hydrogens is 378 g/mol. The van der Waals surface area contributed by atoms with Crippen LogP contribution in [0.25, 0.3) is 0 Å². The van der Waals surface area contributed by atoms with Gasteiger partial charge in [-0.2, -0.15) is 0 Å². The molecule has 3 heterocycles. The second-order valence-electron chi connectivity index (χ2n) is 8.36. The van der Waals surface area contributed by atoms with Crippen molar-refractivity contribution in [2.45, 2.75) is 38.8 Å². The molecule has 2 saturated heterocycles. The van der Waals surface area contributed by atoms with E-state index in [0.717, 1.165) is 32.6 Å². The molecule has 0 radical (unpaired) electrons. The van der Waals surface area contributed by atoms with E-state index in [0.29, 0.717) is 23.0 Å². The molecular formula is C24H31N3O3. The lowest BCUT2D eigenvalue weighted by Gasteiger charge is -2.31. The number of para-hydroxylation sites is 1. The van der Waals surface area contributed by atoms with Crippen LogP contribution in [0.15, 0.2) is 36.7 Å². The number of ether oxygens (including phenoxy) is 2. The van der Waals surface area contributed by atoms with E-state index in [9.17, 15) is 4.79 Å². The molecule has 30 heavy (non-hydrogen) atoms. The number of aryl methyl sites for hydroxylation is 1. The summed E-state index contributed by atoms with van der Waals surface area (Å²) in [5.74, 6) is 1.67. The van der Waals surface area contributed by atoms with Gasteiger partial charge in [-0.05, 0) is 55.0 Å². The Bertz CT molecular complexity index is 901. The number of rotatable bonds is 5. The topological polar surface area (TPSA) is 54.9 Å². The Balaban J connectivity index is 1.57. The zero-order valence-corrected chi connectivity index (χ0v) is 18.1. The van der Waals surface area contributed by atoms with Gasteiger partial charge in [0.25, 0.3) is 5.91 Å². The number of hydrogen-bond acceptors (Lipinski definition) is 5. The Morgan fingerprint density at radius 2 is 2.03 bits per heavy atom. The fourth-order valence-corrected chi connectivity index (χ4v) is 4.94. The fraction of sp³-hybridized carbons (Fsp3) is 0.500. The first-order valence-corrected chi connectivity index (χ1v) is 10.8. The Labute approximate surface area is 178 Å². The average molecular weight is 410 g/mol. The van der Waals surface area contributed by atoms with E-state index >= 15 is 0 Å². The summed E-state index contributed by atoms with van der Waals surface area (Å²) in [6.45, 7) is 5.76. The summed E-state index contributed by atoms with van der Waals surface area (Å²) in [5, 5.41) is 0. The van der Waals surface area contributed by atoms with Gasteiger partial charge in [-0.15, -0.1) is 0 Å². The molecule has 0 spiro atoms. The number of benzene rings is 1. The monoisotopic (exact) mass is 409 g/mol. The van der Waals surface area contributed by atoms with Crippen molar-refractivity contribution in [1.29, 1.82) is 0 Å². The van der Waals surface area contributed by atoms with Gasteiger partial charge < -0.3 is 14.4 Å². The van der Waals surface area contributed by atoms with Gasteiger partial charge in [0.15, 0.2) is 11.5 Å². The van der Waals surface area contributed by atoms with Crippen LogP contribution < -0.4 is 9.47 Å². The first-order chi connectivity index (χ1) is 14.6. The first-order valence-electron chi connectivity index (χ1n) is 10.8.